The van der Waals surface area contributed by atoms with Crippen LogP contribution in [0, 0.1) is 11.3 Å². The molecule has 0 saturated carbocycles. The van der Waals surface area contributed by atoms with Gasteiger partial charge in [0.1, 0.15) is 12.1 Å². The van der Waals surface area contributed by atoms with Crippen LogP contribution in [0.3, 0.4) is 0 Å². The Labute approximate surface area is 227 Å². The first-order valence-electron chi connectivity index (χ1n) is 12.7. The molecule has 210 valence electrons. The molecule has 0 spiro atoms. The van der Waals surface area contributed by atoms with Gasteiger partial charge < -0.3 is 26.6 Å². The van der Waals surface area contributed by atoms with Crippen LogP contribution >= 0.6 is 11.3 Å². The number of amides is 5. The molecular weight excluding hydrogens is 510 g/mol. The summed E-state index contributed by atoms with van der Waals surface area (Å²) in [6.07, 6.45) is 1.06. The number of carbonyl (C=O) groups excluding carboxylic acids is 6. The first kappa shape index (κ1) is 30.9. The summed E-state index contributed by atoms with van der Waals surface area (Å²) in [5.41, 5.74) is 4.31. The molecule has 1 aliphatic rings. The van der Waals surface area contributed by atoms with Gasteiger partial charge in [-0.15, -0.1) is 11.3 Å². The van der Waals surface area contributed by atoms with Gasteiger partial charge in [-0.2, -0.15) is 0 Å². The Balaban J connectivity index is 2.12. The van der Waals surface area contributed by atoms with E-state index in [1.165, 1.54) is 23.2 Å². The average molecular weight is 550 g/mol. The van der Waals surface area contributed by atoms with Crippen molar-refractivity contribution in [2.45, 2.75) is 85.0 Å². The van der Waals surface area contributed by atoms with Crippen molar-refractivity contribution in [3.63, 3.8) is 0 Å². The quantitative estimate of drug-likeness (QED) is 0.242. The van der Waals surface area contributed by atoms with Crippen molar-refractivity contribution in [3.05, 3.63) is 22.4 Å². The van der Waals surface area contributed by atoms with Crippen molar-refractivity contribution in [2.24, 2.45) is 17.1 Å². The lowest BCUT2D eigenvalue weighted by Gasteiger charge is -2.36. The highest BCUT2D eigenvalue weighted by Crippen LogP contribution is 2.26. The van der Waals surface area contributed by atoms with Crippen LogP contribution in [-0.4, -0.2) is 70.9 Å². The second-order valence-corrected chi connectivity index (χ2v) is 12.0. The molecule has 2 heterocycles. The van der Waals surface area contributed by atoms with E-state index in [9.17, 15) is 28.8 Å². The van der Waals surface area contributed by atoms with E-state index in [4.69, 9.17) is 5.73 Å². The first-order chi connectivity index (χ1) is 17.6. The van der Waals surface area contributed by atoms with E-state index >= 15 is 0 Å². The second-order valence-electron chi connectivity index (χ2n) is 11.0. The molecule has 2 rings (SSSR count). The zero-order valence-corrected chi connectivity index (χ0v) is 23.6. The molecule has 5 amide bonds. The van der Waals surface area contributed by atoms with Crippen molar-refractivity contribution in [1.82, 2.24) is 20.9 Å². The van der Waals surface area contributed by atoms with Gasteiger partial charge in [0.15, 0.2) is 5.78 Å². The zero-order valence-electron chi connectivity index (χ0n) is 22.8. The maximum atomic E-state index is 13.6. The van der Waals surface area contributed by atoms with Crippen molar-refractivity contribution >= 4 is 46.7 Å². The largest absolute Gasteiger partial charge is 0.363 e. The van der Waals surface area contributed by atoms with Crippen molar-refractivity contribution in [3.8, 4) is 0 Å². The third-order valence-electron chi connectivity index (χ3n) is 6.54. The van der Waals surface area contributed by atoms with Crippen LogP contribution in [0.4, 0.5) is 4.79 Å². The molecule has 0 bridgehead atoms. The Kier molecular flexibility index (Phi) is 10.6. The summed E-state index contributed by atoms with van der Waals surface area (Å²) in [4.78, 5) is 77.1. The van der Waals surface area contributed by atoms with Gasteiger partial charge >= 0.3 is 6.03 Å². The highest BCUT2D eigenvalue weighted by molar-refractivity contribution is 7.12. The first-order valence-corrected chi connectivity index (χ1v) is 13.6. The molecule has 1 aromatic rings. The summed E-state index contributed by atoms with van der Waals surface area (Å²) in [7, 11) is 0. The molecule has 1 aliphatic heterocycles. The van der Waals surface area contributed by atoms with Crippen molar-refractivity contribution < 1.29 is 28.8 Å². The SMILES string of the molecule is CC(NC(=O)C1CCCN1C(=O)C(NC(=O)NC(CC(=O)c1cccs1)C(C)C)C(C)(C)C)C(=O)C(N)=O. The Morgan fingerprint density at radius 2 is 1.74 bits per heavy atom. The van der Waals surface area contributed by atoms with Crippen molar-refractivity contribution in [1.29, 1.82) is 0 Å². The van der Waals surface area contributed by atoms with Crippen LogP contribution < -0.4 is 21.7 Å². The number of nitrogens with zero attached hydrogens (tertiary/aromatic N) is 1. The molecule has 4 atom stereocenters. The molecular formula is C26H39N5O6S. The summed E-state index contributed by atoms with van der Waals surface area (Å²) >= 11 is 1.34. The number of carbonyl (C=O) groups is 6. The van der Waals surface area contributed by atoms with E-state index in [-0.39, 0.29) is 18.1 Å². The number of rotatable bonds is 11. The van der Waals surface area contributed by atoms with Crippen LogP contribution in [-0.2, 0) is 19.2 Å². The number of ketones is 2. The van der Waals surface area contributed by atoms with Gasteiger partial charge in [-0.25, -0.2) is 4.79 Å². The minimum Gasteiger partial charge on any atom is -0.363 e. The third-order valence-corrected chi connectivity index (χ3v) is 7.46. The predicted octanol–water partition coefficient (Wildman–Crippen LogP) is 1.61. The number of Topliss-reactive ketones (excluding diaryl/α,β-unsaturated/α-hetero) is 2. The fourth-order valence-corrected chi connectivity index (χ4v) is 4.91. The van der Waals surface area contributed by atoms with E-state index in [2.05, 4.69) is 16.0 Å². The van der Waals surface area contributed by atoms with E-state index in [1.54, 1.807) is 32.9 Å². The molecule has 1 saturated heterocycles. The Morgan fingerprint density at radius 1 is 1.08 bits per heavy atom. The number of hydrogen-bond donors (Lipinski definition) is 4. The summed E-state index contributed by atoms with van der Waals surface area (Å²) in [6.45, 7) is 10.9. The number of hydrogen-bond acceptors (Lipinski definition) is 7. The summed E-state index contributed by atoms with van der Waals surface area (Å²) in [6, 6.07) is -0.444. The summed E-state index contributed by atoms with van der Waals surface area (Å²) in [5, 5.41) is 9.89. The lowest BCUT2D eigenvalue weighted by atomic mass is 9.85. The summed E-state index contributed by atoms with van der Waals surface area (Å²) < 4.78 is 0. The van der Waals surface area contributed by atoms with Crippen LogP contribution in [0.25, 0.3) is 0 Å². The minimum absolute atomic E-state index is 0.0368. The molecule has 0 radical (unpaired) electrons. The highest BCUT2D eigenvalue weighted by Gasteiger charge is 2.42. The lowest BCUT2D eigenvalue weighted by molar-refractivity contribution is -0.143. The molecule has 4 unspecified atom stereocenters. The zero-order chi connectivity index (χ0) is 28.8. The van der Waals surface area contributed by atoms with Gasteiger partial charge in [-0.3, -0.25) is 24.0 Å². The molecule has 0 aromatic carbocycles. The van der Waals surface area contributed by atoms with Crippen LogP contribution in [0.1, 0.15) is 70.5 Å². The number of urea groups is 1. The van der Waals surface area contributed by atoms with Gasteiger partial charge in [0.05, 0.1) is 10.9 Å². The number of nitrogens with two attached hydrogens (primary N) is 1. The van der Waals surface area contributed by atoms with Crippen LogP contribution in [0.15, 0.2) is 17.5 Å². The number of likely N-dealkylation sites (tertiary alicyclic amines) is 1. The fourth-order valence-electron chi connectivity index (χ4n) is 4.24. The van der Waals surface area contributed by atoms with E-state index in [1.807, 2.05) is 19.2 Å². The van der Waals surface area contributed by atoms with Gasteiger partial charge in [0, 0.05) is 19.0 Å². The fraction of sp³-hybridized carbons (Fsp3) is 0.615. The van der Waals surface area contributed by atoms with E-state index in [0.29, 0.717) is 24.3 Å². The third kappa shape index (κ3) is 8.11. The molecule has 11 nitrogen and oxygen atoms in total. The normalized spacial score (nSPS) is 17.9. The highest BCUT2D eigenvalue weighted by atomic mass is 32.1. The van der Waals surface area contributed by atoms with E-state index in [0.717, 1.165) is 0 Å². The molecule has 5 N–H and O–H groups in total. The lowest BCUT2D eigenvalue weighted by Crippen LogP contribution is -2.60. The number of nitrogens with one attached hydrogen (secondary N) is 3. The smallest absolute Gasteiger partial charge is 0.315 e. The topological polar surface area (TPSA) is 168 Å². The molecule has 12 heteroatoms. The summed E-state index contributed by atoms with van der Waals surface area (Å²) in [5.74, 6) is -3.20. The average Bonchev–Trinajstić information content (AvgIpc) is 3.52. The number of thiophene rings is 1. The maximum absolute atomic E-state index is 13.6. The Hall–Kier alpha value is -3.28. The van der Waals surface area contributed by atoms with Crippen molar-refractivity contribution in [2.75, 3.05) is 6.54 Å². The second kappa shape index (κ2) is 13.0. The van der Waals surface area contributed by atoms with Gasteiger partial charge in [0.2, 0.25) is 17.6 Å². The maximum Gasteiger partial charge on any atom is 0.315 e. The molecule has 1 fully saturated rings. The molecule has 38 heavy (non-hydrogen) atoms. The van der Waals surface area contributed by atoms with Crippen LogP contribution in [0.2, 0.25) is 0 Å². The Morgan fingerprint density at radius 3 is 2.26 bits per heavy atom. The van der Waals surface area contributed by atoms with E-state index < -0.39 is 59.1 Å². The monoisotopic (exact) mass is 549 g/mol. The molecule has 0 aliphatic carbocycles. The Bertz CT molecular complexity index is 1050. The van der Waals surface area contributed by atoms with Gasteiger partial charge in [-0.05, 0) is 42.5 Å². The predicted molar refractivity (Wildman–Crippen MR) is 143 cm³/mol. The van der Waals surface area contributed by atoms with Gasteiger partial charge in [0.25, 0.3) is 5.91 Å². The van der Waals surface area contributed by atoms with Gasteiger partial charge in [-0.1, -0.05) is 40.7 Å². The molecule has 1 aromatic heterocycles. The minimum atomic E-state index is -1.16. The standard InChI is InChI=1S/C26H39N5O6S/c1-14(2)16(13-18(32)19-10-8-12-38-19)29-25(37)30-21(26(4,5)6)24(36)31-11-7-9-17(31)23(35)28-15(3)20(33)22(27)34/h8,10,12,14-17,21H,7,9,11,13H2,1-6H3,(H2,27,34)(H,28,35)(H2,29,30,37). The van der Waals surface area contributed by atoms with Crippen LogP contribution in [0.5, 0.6) is 0 Å². The number of primary amides is 1.